The largest absolute Gasteiger partial charge is 0.461 e. The van der Waals surface area contributed by atoms with Crippen LogP contribution in [0.2, 0.25) is 0 Å². The molecule has 1 N–H and O–H groups in total. The number of alkyl carbamates (subject to hydrolysis) is 1. The summed E-state index contributed by atoms with van der Waals surface area (Å²) in [4.78, 5) is 30.4. The van der Waals surface area contributed by atoms with Crippen LogP contribution in [-0.2, 0) is 16.1 Å². The van der Waals surface area contributed by atoms with Crippen molar-refractivity contribution in [2.24, 2.45) is 17.8 Å². The first-order valence-electron chi connectivity index (χ1n) is 10.9. The van der Waals surface area contributed by atoms with Gasteiger partial charge in [-0.25, -0.2) is 14.6 Å². The van der Waals surface area contributed by atoms with E-state index >= 15 is 0 Å². The van der Waals surface area contributed by atoms with Crippen LogP contribution in [0.15, 0.2) is 33.4 Å². The van der Waals surface area contributed by atoms with Crippen molar-refractivity contribution >= 4 is 33.8 Å². The number of carbonyl (C=O) groups is 2. The van der Waals surface area contributed by atoms with E-state index in [1.165, 1.54) is 18.9 Å². The predicted molar refractivity (Wildman–Crippen MR) is 119 cm³/mol. The van der Waals surface area contributed by atoms with Crippen molar-refractivity contribution < 1.29 is 23.6 Å². The molecular formula is C22H27BrN4O5. The van der Waals surface area contributed by atoms with E-state index in [4.69, 9.17) is 14.0 Å². The summed E-state index contributed by atoms with van der Waals surface area (Å²) in [5.74, 6) is 2.77. The van der Waals surface area contributed by atoms with Crippen LogP contribution in [0.3, 0.4) is 0 Å². The second-order valence-corrected chi connectivity index (χ2v) is 9.20. The Bertz CT molecular complexity index is 921. The second kappa shape index (κ2) is 10.3. The van der Waals surface area contributed by atoms with Crippen molar-refractivity contribution in [3.05, 3.63) is 40.3 Å². The van der Waals surface area contributed by atoms with E-state index in [2.05, 4.69) is 42.4 Å². The van der Waals surface area contributed by atoms with E-state index < -0.39 is 12.1 Å². The summed E-state index contributed by atoms with van der Waals surface area (Å²) < 4.78 is 16.0. The number of pyridine rings is 1. The van der Waals surface area contributed by atoms with Gasteiger partial charge in [-0.15, -0.1) is 0 Å². The molecule has 4 rings (SSSR count). The maximum atomic E-state index is 11.9. The van der Waals surface area contributed by atoms with E-state index in [1.807, 2.05) is 12.3 Å². The summed E-state index contributed by atoms with van der Waals surface area (Å²) >= 11 is 3.43. The van der Waals surface area contributed by atoms with Gasteiger partial charge >= 0.3 is 12.1 Å². The Morgan fingerprint density at radius 3 is 2.72 bits per heavy atom. The summed E-state index contributed by atoms with van der Waals surface area (Å²) in [5, 5.41) is 6.41. The van der Waals surface area contributed by atoms with Crippen LogP contribution in [0, 0.1) is 17.8 Å². The highest BCUT2D eigenvalue weighted by molar-refractivity contribution is 9.10. The number of amides is 1. The molecule has 1 amide bonds. The fourth-order valence-electron chi connectivity index (χ4n) is 4.65. The SMILES string of the molecule is CCOC(=O)c1cc(COC(=O)NCCC2C[C@@H]3CN(c4ccc(Br)cn4)C[C@@H]3C2)on1. The highest BCUT2D eigenvalue weighted by Crippen LogP contribution is 2.43. The number of carbonyl (C=O) groups excluding carboxylic acids is 2. The fraction of sp³-hybridized carbons (Fsp3) is 0.545. The second-order valence-electron chi connectivity index (χ2n) is 8.29. The smallest absolute Gasteiger partial charge is 0.407 e. The van der Waals surface area contributed by atoms with Crippen LogP contribution in [0.5, 0.6) is 0 Å². The van der Waals surface area contributed by atoms with E-state index in [0.717, 1.165) is 29.8 Å². The molecule has 2 aliphatic rings. The Labute approximate surface area is 194 Å². The minimum absolute atomic E-state index is 0.0621. The maximum Gasteiger partial charge on any atom is 0.407 e. The van der Waals surface area contributed by atoms with Crippen molar-refractivity contribution in [2.75, 3.05) is 31.1 Å². The zero-order valence-corrected chi connectivity index (χ0v) is 19.5. The van der Waals surface area contributed by atoms with Crippen LogP contribution in [0.4, 0.5) is 10.6 Å². The lowest BCUT2D eigenvalue weighted by molar-refractivity contribution is 0.0514. The van der Waals surface area contributed by atoms with Gasteiger partial charge in [0.25, 0.3) is 0 Å². The van der Waals surface area contributed by atoms with E-state index in [0.29, 0.717) is 24.3 Å². The fourth-order valence-corrected chi connectivity index (χ4v) is 4.89. The number of nitrogens with zero attached hydrogens (tertiary/aromatic N) is 3. The maximum absolute atomic E-state index is 11.9. The number of esters is 1. The predicted octanol–water partition coefficient (Wildman–Crippen LogP) is 3.79. The molecule has 2 fully saturated rings. The quantitative estimate of drug-likeness (QED) is 0.538. The number of rotatable bonds is 8. The molecule has 2 aromatic rings. The van der Waals surface area contributed by atoms with Crippen molar-refractivity contribution in [1.82, 2.24) is 15.5 Å². The molecule has 1 aliphatic carbocycles. The van der Waals surface area contributed by atoms with E-state index in [-0.39, 0.29) is 24.7 Å². The molecule has 32 heavy (non-hydrogen) atoms. The first-order chi connectivity index (χ1) is 15.5. The van der Waals surface area contributed by atoms with Crippen molar-refractivity contribution in [3.8, 4) is 0 Å². The van der Waals surface area contributed by atoms with Crippen molar-refractivity contribution in [3.63, 3.8) is 0 Å². The van der Waals surface area contributed by atoms with Crippen molar-refractivity contribution in [2.45, 2.75) is 32.8 Å². The Morgan fingerprint density at radius 1 is 1.25 bits per heavy atom. The number of anilines is 1. The lowest BCUT2D eigenvalue weighted by Crippen LogP contribution is -2.27. The van der Waals surface area contributed by atoms with Gasteiger partial charge in [-0.05, 0) is 72.0 Å². The molecule has 9 nitrogen and oxygen atoms in total. The molecule has 1 saturated carbocycles. The molecule has 0 spiro atoms. The molecule has 2 aromatic heterocycles. The first-order valence-corrected chi connectivity index (χ1v) is 11.7. The van der Waals surface area contributed by atoms with Gasteiger partial charge in [0.1, 0.15) is 5.82 Å². The highest BCUT2D eigenvalue weighted by Gasteiger charge is 2.40. The molecule has 1 aliphatic heterocycles. The standard InChI is InChI=1S/C22H27BrN4O5/c1-2-30-21(28)19-9-18(32-26-19)13-31-22(29)24-6-5-14-7-15-11-27(12-16(15)8-14)20-4-3-17(23)10-25-20/h3-4,9-10,14-16H,2,5-8,11-13H2,1H3,(H,24,29)/t14?,15-,16+. The van der Waals surface area contributed by atoms with E-state index in [9.17, 15) is 9.59 Å². The molecule has 0 bridgehead atoms. The van der Waals surface area contributed by atoms with Gasteiger partial charge in [-0.2, -0.15) is 0 Å². The number of nitrogens with one attached hydrogen (secondary N) is 1. The topological polar surface area (TPSA) is 107 Å². The Morgan fingerprint density at radius 2 is 2.03 bits per heavy atom. The summed E-state index contributed by atoms with van der Waals surface area (Å²) in [6, 6.07) is 5.51. The molecule has 0 radical (unpaired) electrons. The van der Waals surface area contributed by atoms with E-state index in [1.54, 1.807) is 6.92 Å². The van der Waals surface area contributed by atoms with Crippen molar-refractivity contribution in [1.29, 1.82) is 0 Å². The van der Waals surface area contributed by atoms with Gasteiger partial charge in [0.05, 0.1) is 6.61 Å². The third kappa shape index (κ3) is 5.59. The molecular weight excluding hydrogens is 480 g/mol. The highest BCUT2D eigenvalue weighted by atomic mass is 79.9. The molecule has 3 heterocycles. The summed E-state index contributed by atoms with van der Waals surface area (Å²) in [6.45, 7) is 4.55. The first kappa shape index (κ1) is 22.6. The Hall–Kier alpha value is -2.62. The van der Waals surface area contributed by atoms with Crippen LogP contribution in [0.1, 0.15) is 42.4 Å². The minimum atomic E-state index is -0.565. The molecule has 1 unspecified atom stereocenters. The van der Waals surface area contributed by atoms with Gasteiger partial charge < -0.3 is 24.2 Å². The molecule has 3 atom stereocenters. The monoisotopic (exact) mass is 506 g/mol. The van der Waals surface area contributed by atoms with Gasteiger partial charge in [-0.3, -0.25) is 0 Å². The van der Waals surface area contributed by atoms with Gasteiger partial charge in [-0.1, -0.05) is 5.16 Å². The minimum Gasteiger partial charge on any atom is -0.461 e. The molecule has 0 aromatic carbocycles. The zero-order valence-electron chi connectivity index (χ0n) is 18.0. The number of hydrogen-bond donors (Lipinski definition) is 1. The number of hydrogen-bond acceptors (Lipinski definition) is 8. The van der Waals surface area contributed by atoms with Crippen LogP contribution >= 0.6 is 15.9 Å². The number of aromatic nitrogens is 2. The van der Waals surface area contributed by atoms with Gasteiger partial charge in [0, 0.05) is 36.4 Å². The summed E-state index contributed by atoms with van der Waals surface area (Å²) in [6.07, 6.45) is 4.64. The normalized spacial score (nSPS) is 21.9. The average molecular weight is 507 g/mol. The Balaban J connectivity index is 1.12. The number of fused-ring (bicyclic) bond motifs is 1. The molecule has 10 heteroatoms. The zero-order chi connectivity index (χ0) is 22.5. The number of ether oxygens (including phenoxy) is 2. The van der Waals surface area contributed by atoms with Crippen LogP contribution in [-0.4, -0.2) is 48.4 Å². The Kier molecular flexibility index (Phi) is 7.29. The van der Waals surface area contributed by atoms with Crippen LogP contribution < -0.4 is 10.2 Å². The summed E-state index contributed by atoms with van der Waals surface area (Å²) in [7, 11) is 0. The molecule has 172 valence electrons. The third-order valence-corrected chi connectivity index (χ3v) is 6.56. The lowest BCUT2D eigenvalue weighted by Gasteiger charge is -2.20. The average Bonchev–Trinajstić information content (AvgIpc) is 3.48. The third-order valence-electron chi connectivity index (χ3n) is 6.10. The number of halogens is 1. The molecule has 1 saturated heterocycles. The lowest BCUT2D eigenvalue weighted by atomic mass is 10.0. The van der Waals surface area contributed by atoms with Gasteiger partial charge in [0.15, 0.2) is 18.1 Å². The van der Waals surface area contributed by atoms with Gasteiger partial charge in [0.2, 0.25) is 0 Å². The van der Waals surface area contributed by atoms with Crippen LogP contribution in [0.25, 0.3) is 0 Å². The summed E-state index contributed by atoms with van der Waals surface area (Å²) in [5.41, 5.74) is 0.0621.